The predicted octanol–water partition coefficient (Wildman–Crippen LogP) is 13.2. The number of hydrogen-bond donors (Lipinski definition) is 1. The van der Waals surface area contributed by atoms with Gasteiger partial charge in [0.25, 0.3) is 10.1 Å². The average Bonchev–Trinajstić information content (AvgIpc) is 3.08. The Morgan fingerprint density at radius 2 is 0.714 bits per heavy atom. The SMILES string of the molecule is CCCCCCCCCCCC(=O)c1ccc(S(=O)(=O)O)c(C(=O)CCCCCCCCCCC)c1C(=O)CCCCCCCCCCC. The normalized spacial score (nSPS) is 11.7. The Kier molecular flexibility index (Phi) is 26.5. The van der Waals surface area contributed by atoms with Gasteiger partial charge >= 0.3 is 0 Å². The first-order chi connectivity index (χ1) is 23.7. The number of unbranched alkanes of at least 4 members (excludes halogenated alkanes) is 24. The fraction of sp³-hybridized carbons (Fsp3) is 0.786. The molecule has 282 valence electrons. The molecule has 0 amide bonds. The summed E-state index contributed by atoms with van der Waals surface area (Å²) < 4.78 is 35.2. The van der Waals surface area contributed by atoms with E-state index in [1.807, 2.05) is 0 Å². The van der Waals surface area contributed by atoms with Crippen LogP contribution in [0.1, 0.15) is 244 Å². The van der Waals surface area contributed by atoms with Crippen molar-refractivity contribution < 1.29 is 27.4 Å². The number of carbonyl (C=O) groups excluding carboxylic acids is 3. The Morgan fingerprint density at radius 1 is 0.429 bits per heavy atom. The molecule has 7 heteroatoms. The zero-order valence-electron chi connectivity index (χ0n) is 31.8. The smallest absolute Gasteiger partial charge is 0.294 e. The summed E-state index contributed by atoms with van der Waals surface area (Å²) in [5.74, 6) is -1.10. The van der Waals surface area contributed by atoms with Gasteiger partial charge < -0.3 is 0 Å². The highest BCUT2D eigenvalue weighted by molar-refractivity contribution is 7.86. The topological polar surface area (TPSA) is 106 Å². The van der Waals surface area contributed by atoms with Gasteiger partial charge in [-0.15, -0.1) is 0 Å². The first-order valence-electron chi connectivity index (χ1n) is 20.4. The molecule has 1 aromatic carbocycles. The standard InChI is InChI=1S/C42H72O6S/c1-4-7-10-13-16-19-22-25-28-31-37(43)36-34-35-40(49(46,47)48)42(39(45)33-30-27-24-21-18-15-12-9-6-3)41(36)38(44)32-29-26-23-20-17-14-11-8-5-2/h34-35H,4-33H2,1-3H3,(H,46,47,48). The fourth-order valence-corrected chi connectivity index (χ4v) is 7.48. The maximum Gasteiger partial charge on any atom is 0.295 e. The van der Waals surface area contributed by atoms with Crippen LogP contribution >= 0.6 is 0 Å². The van der Waals surface area contributed by atoms with Crippen molar-refractivity contribution >= 4 is 27.5 Å². The van der Waals surface area contributed by atoms with E-state index in [4.69, 9.17) is 0 Å². The lowest BCUT2D eigenvalue weighted by molar-refractivity contribution is 0.0930. The molecular formula is C42H72O6S. The zero-order valence-corrected chi connectivity index (χ0v) is 32.6. The van der Waals surface area contributed by atoms with Gasteiger partial charge in [0.2, 0.25) is 0 Å². The van der Waals surface area contributed by atoms with Crippen LogP contribution < -0.4 is 0 Å². The third-order valence-electron chi connectivity index (χ3n) is 9.83. The minimum absolute atomic E-state index is 0.0760. The first-order valence-corrected chi connectivity index (χ1v) is 21.9. The molecule has 1 aromatic rings. The third kappa shape index (κ3) is 20.6. The molecule has 0 aliphatic rings. The van der Waals surface area contributed by atoms with Crippen molar-refractivity contribution in [3.8, 4) is 0 Å². The second-order valence-corrected chi connectivity index (χ2v) is 15.7. The first kappa shape index (κ1) is 45.2. The summed E-state index contributed by atoms with van der Waals surface area (Å²) in [4.78, 5) is 40.6. The molecule has 1 N–H and O–H groups in total. The summed E-state index contributed by atoms with van der Waals surface area (Å²) in [6, 6.07) is 2.50. The minimum Gasteiger partial charge on any atom is -0.294 e. The van der Waals surface area contributed by atoms with Crippen molar-refractivity contribution in [1.29, 1.82) is 0 Å². The molecule has 0 bridgehead atoms. The van der Waals surface area contributed by atoms with Crippen LogP contribution in [0.3, 0.4) is 0 Å². The van der Waals surface area contributed by atoms with E-state index < -0.39 is 20.8 Å². The van der Waals surface area contributed by atoms with Crippen molar-refractivity contribution in [1.82, 2.24) is 0 Å². The van der Waals surface area contributed by atoms with Crippen molar-refractivity contribution in [2.45, 2.75) is 218 Å². The van der Waals surface area contributed by atoms with Gasteiger partial charge in [0.05, 0.1) is 5.56 Å². The summed E-state index contributed by atoms with van der Waals surface area (Å²) >= 11 is 0. The zero-order chi connectivity index (χ0) is 36.2. The van der Waals surface area contributed by atoms with Crippen LogP contribution in [0, 0.1) is 0 Å². The Balaban J connectivity index is 3.04. The van der Waals surface area contributed by atoms with Gasteiger partial charge in [0.15, 0.2) is 17.3 Å². The van der Waals surface area contributed by atoms with Gasteiger partial charge in [0.1, 0.15) is 4.90 Å². The molecule has 0 radical (unpaired) electrons. The number of benzene rings is 1. The lowest BCUT2D eigenvalue weighted by Gasteiger charge is -2.16. The van der Waals surface area contributed by atoms with E-state index in [-0.39, 0.29) is 47.5 Å². The monoisotopic (exact) mass is 705 g/mol. The van der Waals surface area contributed by atoms with Crippen LogP contribution in [0.5, 0.6) is 0 Å². The van der Waals surface area contributed by atoms with Crippen LogP contribution in [-0.2, 0) is 10.1 Å². The molecule has 0 spiro atoms. The van der Waals surface area contributed by atoms with Crippen molar-refractivity contribution in [3.63, 3.8) is 0 Å². The third-order valence-corrected chi connectivity index (χ3v) is 10.7. The van der Waals surface area contributed by atoms with Gasteiger partial charge in [-0.25, -0.2) is 0 Å². The molecule has 0 saturated carbocycles. The molecule has 1 rings (SSSR count). The Labute approximate surface area is 301 Å². The highest BCUT2D eigenvalue weighted by atomic mass is 32.2. The van der Waals surface area contributed by atoms with E-state index in [0.29, 0.717) is 19.3 Å². The van der Waals surface area contributed by atoms with E-state index in [1.165, 1.54) is 102 Å². The molecule has 0 fully saturated rings. The van der Waals surface area contributed by atoms with Crippen LogP contribution in [0.25, 0.3) is 0 Å². The molecule has 0 aliphatic heterocycles. The number of carbonyl (C=O) groups is 3. The van der Waals surface area contributed by atoms with Gasteiger partial charge in [-0.2, -0.15) is 8.42 Å². The van der Waals surface area contributed by atoms with E-state index in [0.717, 1.165) is 63.9 Å². The highest BCUT2D eigenvalue weighted by Gasteiger charge is 2.30. The molecule has 0 atom stereocenters. The molecule has 0 saturated heterocycles. The fourth-order valence-electron chi connectivity index (χ4n) is 6.77. The molecule has 0 aliphatic carbocycles. The Bertz CT molecular complexity index is 1160. The Morgan fingerprint density at radius 3 is 1.04 bits per heavy atom. The molecule has 6 nitrogen and oxygen atoms in total. The maximum atomic E-state index is 13.8. The summed E-state index contributed by atoms with van der Waals surface area (Å²) in [5, 5.41) is 0. The summed E-state index contributed by atoms with van der Waals surface area (Å²) in [6.45, 7) is 6.61. The second kappa shape index (κ2) is 28.8. The van der Waals surface area contributed by atoms with Gasteiger partial charge in [0, 0.05) is 30.4 Å². The van der Waals surface area contributed by atoms with Gasteiger partial charge in [-0.05, 0) is 31.4 Å². The largest absolute Gasteiger partial charge is 0.295 e. The lowest BCUT2D eigenvalue weighted by atomic mass is 9.88. The summed E-state index contributed by atoms with van der Waals surface area (Å²) in [6.07, 6.45) is 29.8. The minimum atomic E-state index is -4.79. The van der Waals surface area contributed by atoms with Crippen molar-refractivity contribution in [3.05, 3.63) is 28.8 Å². The number of hydrogen-bond acceptors (Lipinski definition) is 5. The van der Waals surface area contributed by atoms with Crippen LogP contribution in [0.15, 0.2) is 17.0 Å². The van der Waals surface area contributed by atoms with E-state index in [2.05, 4.69) is 20.8 Å². The van der Waals surface area contributed by atoms with E-state index >= 15 is 0 Å². The molecule has 0 unspecified atom stereocenters. The van der Waals surface area contributed by atoms with E-state index in [9.17, 15) is 27.4 Å². The quantitative estimate of drug-likeness (QED) is 0.0435. The average molecular weight is 705 g/mol. The highest BCUT2D eigenvalue weighted by Crippen LogP contribution is 2.29. The van der Waals surface area contributed by atoms with Crippen LogP contribution in [0.2, 0.25) is 0 Å². The van der Waals surface area contributed by atoms with Crippen LogP contribution in [-0.4, -0.2) is 30.3 Å². The second-order valence-electron chi connectivity index (χ2n) is 14.3. The van der Waals surface area contributed by atoms with Gasteiger partial charge in [-0.1, -0.05) is 175 Å². The molecular weight excluding hydrogens is 633 g/mol. The number of Topliss-reactive ketones (excluding diaryl/α,β-unsaturated/α-hetero) is 3. The van der Waals surface area contributed by atoms with Crippen molar-refractivity contribution in [2.75, 3.05) is 0 Å². The summed E-state index contributed by atoms with van der Waals surface area (Å²) in [7, 11) is -4.79. The molecule has 0 aromatic heterocycles. The van der Waals surface area contributed by atoms with E-state index in [1.54, 1.807) is 0 Å². The van der Waals surface area contributed by atoms with Crippen LogP contribution in [0.4, 0.5) is 0 Å². The number of ketones is 3. The lowest BCUT2D eigenvalue weighted by Crippen LogP contribution is -2.19. The maximum absolute atomic E-state index is 13.8. The molecule has 49 heavy (non-hydrogen) atoms. The summed E-state index contributed by atoms with van der Waals surface area (Å²) in [5.41, 5.74) is -0.235. The molecule has 0 heterocycles. The predicted molar refractivity (Wildman–Crippen MR) is 205 cm³/mol. The van der Waals surface area contributed by atoms with Crippen molar-refractivity contribution in [2.24, 2.45) is 0 Å². The van der Waals surface area contributed by atoms with Gasteiger partial charge in [-0.3, -0.25) is 18.9 Å². The number of rotatable bonds is 34. The Hall–Kier alpha value is -1.86.